The number of carbonyl (C=O) groups is 2. The Bertz CT molecular complexity index is 1110. The van der Waals surface area contributed by atoms with Gasteiger partial charge in [0.25, 0.3) is 11.7 Å². The van der Waals surface area contributed by atoms with Crippen LogP contribution in [-0.4, -0.2) is 16.8 Å². The van der Waals surface area contributed by atoms with E-state index in [1.54, 1.807) is 24.3 Å². The summed E-state index contributed by atoms with van der Waals surface area (Å²) in [4.78, 5) is 28.4. The number of halogens is 1. The van der Waals surface area contributed by atoms with E-state index in [9.17, 15) is 14.7 Å². The molecule has 1 fully saturated rings. The van der Waals surface area contributed by atoms with E-state index in [2.05, 4.69) is 15.9 Å². The zero-order chi connectivity index (χ0) is 20.7. The molecule has 0 saturated carbocycles. The highest BCUT2D eigenvalue weighted by Crippen LogP contribution is 2.43. The number of hydrogen-bond donors (Lipinski definition) is 1. The SMILES string of the molecule is Cc1cc(C)cc(N2C(=O)C(=O)/C(=C(\O)c3ccc(Br)cc3)C2c2cccs2)c1. The highest BCUT2D eigenvalue weighted by molar-refractivity contribution is 9.10. The van der Waals surface area contributed by atoms with Gasteiger partial charge in [0, 0.05) is 20.6 Å². The minimum atomic E-state index is -0.678. The van der Waals surface area contributed by atoms with Crippen molar-refractivity contribution in [3.63, 3.8) is 0 Å². The van der Waals surface area contributed by atoms with E-state index in [-0.39, 0.29) is 11.3 Å². The summed E-state index contributed by atoms with van der Waals surface area (Å²) in [5.41, 5.74) is 3.25. The molecule has 0 aliphatic carbocycles. The number of carbonyl (C=O) groups excluding carboxylic acids is 2. The predicted molar refractivity (Wildman–Crippen MR) is 119 cm³/mol. The molecule has 0 bridgehead atoms. The Labute approximate surface area is 181 Å². The fraction of sp³-hybridized carbons (Fsp3) is 0.130. The Morgan fingerprint density at radius 1 is 1.03 bits per heavy atom. The first-order chi connectivity index (χ1) is 13.9. The molecule has 3 aromatic rings. The Kier molecular flexibility index (Phi) is 5.15. The van der Waals surface area contributed by atoms with Crippen LogP contribution >= 0.6 is 27.3 Å². The van der Waals surface area contributed by atoms with Crippen LogP contribution in [0, 0.1) is 13.8 Å². The van der Waals surface area contributed by atoms with E-state index in [0.29, 0.717) is 11.3 Å². The lowest BCUT2D eigenvalue weighted by Crippen LogP contribution is -2.29. The summed E-state index contributed by atoms with van der Waals surface area (Å²) in [5, 5.41) is 12.9. The second kappa shape index (κ2) is 7.61. The number of thiophene rings is 1. The molecule has 2 aromatic carbocycles. The summed E-state index contributed by atoms with van der Waals surface area (Å²) in [5.74, 6) is -1.48. The number of hydrogen-bond acceptors (Lipinski definition) is 4. The van der Waals surface area contributed by atoms with Gasteiger partial charge in [-0.05, 0) is 60.7 Å². The molecule has 1 saturated heterocycles. The maximum absolute atomic E-state index is 13.1. The number of Topliss-reactive ketones (excluding diaryl/α,β-unsaturated/α-hetero) is 1. The van der Waals surface area contributed by atoms with Crippen molar-refractivity contribution in [1.29, 1.82) is 0 Å². The summed E-state index contributed by atoms with van der Waals surface area (Å²) >= 11 is 4.82. The Balaban J connectivity index is 1.94. The van der Waals surface area contributed by atoms with Crippen LogP contribution in [0.2, 0.25) is 0 Å². The standard InChI is InChI=1S/C23H18BrNO3S/c1-13-10-14(2)12-17(11-13)25-20(18-4-3-9-29-18)19(22(27)23(25)28)21(26)15-5-7-16(24)8-6-15/h3-12,20,26H,1-2H3/b21-19-. The van der Waals surface area contributed by atoms with Gasteiger partial charge in [-0.2, -0.15) is 0 Å². The van der Waals surface area contributed by atoms with Crippen LogP contribution in [0.5, 0.6) is 0 Å². The predicted octanol–water partition coefficient (Wildman–Crippen LogP) is 5.75. The van der Waals surface area contributed by atoms with Crippen molar-refractivity contribution in [2.75, 3.05) is 4.90 Å². The lowest BCUT2D eigenvalue weighted by atomic mass is 9.99. The summed E-state index contributed by atoms with van der Waals surface area (Å²) in [6.45, 7) is 3.91. The lowest BCUT2D eigenvalue weighted by Gasteiger charge is -2.25. The third-order valence-electron chi connectivity index (χ3n) is 4.86. The van der Waals surface area contributed by atoms with Crippen LogP contribution in [0.25, 0.3) is 5.76 Å². The molecule has 146 valence electrons. The number of anilines is 1. The highest BCUT2D eigenvalue weighted by Gasteiger charge is 2.47. The minimum Gasteiger partial charge on any atom is -0.507 e. The molecular weight excluding hydrogens is 450 g/mol. The van der Waals surface area contributed by atoms with E-state index in [1.165, 1.54) is 16.2 Å². The maximum atomic E-state index is 13.1. The zero-order valence-electron chi connectivity index (χ0n) is 15.8. The first-order valence-electron chi connectivity index (χ1n) is 9.05. The van der Waals surface area contributed by atoms with E-state index >= 15 is 0 Å². The summed E-state index contributed by atoms with van der Waals surface area (Å²) < 4.78 is 0.861. The van der Waals surface area contributed by atoms with Gasteiger partial charge in [-0.25, -0.2) is 0 Å². The van der Waals surface area contributed by atoms with Crippen LogP contribution in [0.1, 0.15) is 27.6 Å². The molecule has 1 amide bonds. The number of nitrogens with zero attached hydrogens (tertiary/aromatic N) is 1. The third kappa shape index (κ3) is 3.54. The Morgan fingerprint density at radius 3 is 2.28 bits per heavy atom. The van der Waals surface area contributed by atoms with E-state index < -0.39 is 17.7 Å². The fourth-order valence-corrected chi connectivity index (χ4v) is 4.76. The number of aliphatic hydroxyl groups excluding tert-OH is 1. The highest BCUT2D eigenvalue weighted by atomic mass is 79.9. The number of amides is 1. The van der Waals surface area contributed by atoms with Gasteiger partial charge in [-0.3, -0.25) is 14.5 Å². The minimum absolute atomic E-state index is 0.110. The van der Waals surface area contributed by atoms with Crippen LogP contribution in [0.4, 0.5) is 5.69 Å². The number of benzene rings is 2. The van der Waals surface area contributed by atoms with Crippen LogP contribution in [0.15, 0.2) is 70.0 Å². The zero-order valence-corrected chi connectivity index (χ0v) is 18.3. The average molecular weight is 468 g/mol. The molecule has 0 spiro atoms. The molecule has 0 radical (unpaired) electrons. The van der Waals surface area contributed by atoms with Crippen molar-refractivity contribution in [2.24, 2.45) is 0 Å². The topological polar surface area (TPSA) is 57.6 Å². The van der Waals surface area contributed by atoms with Crippen molar-refractivity contribution in [2.45, 2.75) is 19.9 Å². The Hall–Kier alpha value is -2.70. The van der Waals surface area contributed by atoms with Gasteiger partial charge in [-0.15, -0.1) is 11.3 Å². The van der Waals surface area contributed by atoms with Gasteiger partial charge in [0.15, 0.2) is 0 Å². The summed E-state index contributed by atoms with van der Waals surface area (Å²) in [7, 11) is 0. The van der Waals surface area contributed by atoms with Gasteiger partial charge >= 0.3 is 0 Å². The molecule has 6 heteroatoms. The average Bonchev–Trinajstić information content (AvgIpc) is 3.28. The molecule has 29 heavy (non-hydrogen) atoms. The number of aliphatic hydroxyl groups is 1. The van der Waals surface area contributed by atoms with Crippen molar-refractivity contribution in [1.82, 2.24) is 0 Å². The first-order valence-corrected chi connectivity index (χ1v) is 10.7. The molecule has 1 unspecified atom stereocenters. The molecule has 1 aliphatic rings. The molecule has 1 aliphatic heterocycles. The van der Waals surface area contributed by atoms with Gasteiger partial charge < -0.3 is 5.11 Å². The van der Waals surface area contributed by atoms with Crippen LogP contribution in [-0.2, 0) is 9.59 Å². The molecule has 2 heterocycles. The molecule has 1 aromatic heterocycles. The lowest BCUT2D eigenvalue weighted by molar-refractivity contribution is -0.132. The quantitative estimate of drug-likeness (QED) is 0.302. The summed E-state index contributed by atoms with van der Waals surface area (Å²) in [6, 6.07) is 15.9. The number of rotatable bonds is 3. The fourth-order valence-electron chi connectivity index (χ4n) is 3.67. The number of aryl methyl sites for hydroxylation is 2. The van der Waals surface area contributed by atoms with Gasteiger partial charge in [0.1, 0.15) is 11.8 Å². The number of ketones is 1. The monoisotopic (exact) mass is 467 g/mol. The molecule has 1 N–H and O–H groups in total. The first kappa shape index (κ1) is 19.6. The molecule has 1 atom stereocenters. The van der Waals surface area contributed by atoms with Crippen molar-refractivity contribution in [3.8, 4) is 0 Å². The van der Waals surface area contributed by atoms with Crippen LogP contribution < -0.4 is 4.90 Å². The Morgan fingerprint density at radius 2 is 1.69 bits per heavy atom. The van der Waals surface area contributed by atoms with Crippen molar-refractivity contribution in [3.05, 3.63) is 91.6 Å². The van der Waals surface area contributed by atoms with Crippen molar-refractivity contribution >= 4 is 50.4 Å². The third-order valence-corrected chi connectivity index (χ3v) is 6.31. The molecular formula is C23H18BrNO3S. The van der Waals surface area contributed by atoms with Crippen molar-refractivity contribution < 1.29 is 14.7 Å². The van der Waals surface area contributed by atoms with E-state index in [1.807, 2.05) is 49.6 Å². The van der Waals surface area contributed by atoms with Gasteiger partial charge in [0.05, 0.1) is 5.57 Å². The normalized spacial score (nSPS) is 18.4. The molecule has 4 rings (SSSR count). The van der Waals surface area contributed by atoms with Gasteiger partial charge in [-0.1, -0.05) is 40.2 Å². The smallest absolute Gasteiger partial charge is 0.300 e. The van der Waals surface area contributed by atoms with Crippen LogP contribution in [0.3, 0.4) is 0 Å². The van der Waals surface area contributed by atoms with Gasteiger partial charge in [0.2, 0.25) is 0 Å². The summed E-state index contributed by atoms with van der Waals surface area (Å²) in [6.07, 6.45) is 0. The largest absolute Gasteiger partial charge is 0.507 e. The second-order valence-corrected chi connectivity index (χ2v) is 8.93. The second-order valence-electron chi connectivity index (χ2n) is 7.04. The van der Waals surface area contributed by atoms with E-state index in [4.69, 9.17) is 0 Å². The van der Waals surface area contributed by atoms with E-state index in [0.717, 1.165) is 20.5 Å². The maximum Gasteiger partial charge on any atom is 0.300 e. The molecule has 4 nitrogen and oxygen atoms in total.